The van der Waals surface area contributed by atoms with Gasteiger partial charge < -0.3 is 10.2 Å². The molecule has 20 heavy (non-hydrogen) atoms. The summed E-state index contributed by atoms with van der Waals surface area (Å²) in [5, 5.41) is 18.7. The molecule has 1 saturated heterocycles. The molecule has 1 aromatic carbocycles. The maximum absolute atomic E-state index is 12.5. The van der Waals surface area contributed by atoms with Gasteiger partial charge in [0, 0.05) is 17.4 Å². The number of hydrogen-bond donors (Lipinski definition) is 2. The second-order valence-electron chi connectivity index (χ2n) is 4.75. The van der Waals surface area contributed by atoms with Crippen LogP contribution in [0.3, 0.4) is 0 Å². The summed E-state index contributed by atoms with van der Waals surface area (Å²) >= 11 is 3.19. The first-order valence-corrected chi connectivity index (χ1v) is 8.15. The van der Waals surface area contributed by atoms with Gasteiger partial charge in [0.2, 0.25) is 10.0 Å². The number of aliphatic hydroxyl groups is 1. The summed E-state index contributed by atoms with van der Waals surface area (Å²) in [7, 11) is -3.97. The van der Waals surface area contributed by atoms with Crippen LogP contribution in [0.2, 0.25) is 0 Å². The van der Waals surface area contributed by atoms with Crippen molar-refractivity contribution in [3.63, 3.8) is 0 Å². The van der Waals surface area contributed by atoms with Gasteiger partial charge >= 0.3 is 5.97 Å². The molecule has 0 radical (unpaired) electrons. The van der Waals surface area contributed by atoms with Crippen LogP contribution in [0.15, 0.2) is 27.6 Å². The van der Waals surface area contributed by atoms with Crippen LogP contribution < -0.4 is 0 Å². The van der Waals surface area contributed by atoms with Crippen molar-refractivity contribution in [3.8, 4) is 0 Å². The lowest BCUT2D eigenvalue weighted by atomic mass is 10.2. The maximum atomic E-state index is 12.5. The zero-order valence-electron chi connectivity index (χ0n) is 10.7. The van der Waals surface area contributed by atoms with Gasteiger partial charge in [0.1, 0.15) is 6.04 Å². The number of nitrogens with zero attached hydrogens (tertiary/aromatic N) is 1. The lowest BCUT2D eigenvalue weighted by Crippen LogP contribution is -2.40. The summed E-state index contributed by atoms with van der Waals surface area (Å²) in [6.45, 7) is 1.61. The van der Waals surface area contributed by atoms with Gasteiger partial charge in [-0.3, -0.25) is 4.79 Å². The summed E-state index contributed by atoms with van der Waals surface area (Å²) in [5.41, 5.74) is 0.882. The summed E-state index contributed by atoms with van der Waals surface area (Å²) in [6.07, 6.45) is -1.06. The number of carbonyl (C=O) groups is 1. The standard InChI is InChI=1S/C12H14BrNO5S/c1-7-2-3-11(9(13)4-7)20(18,19)14-6-8(15)5-10(14)12(16)17/h2-4,8,10,15H,5-6H2,1H3,(H,16,17)/t8?,10-/m0/s1. The Morgan fingerprint density at radius 1 is 1.45 bits per heavy atom. The Balaban J connectivity index is 2.46. The fraction of sp³-hybridized carbons (Fsp3) is 0.417. The Morgan fingerprint density at radius 3 is 2.65 bits per heavy atom. The molecular weight excluding hydrogens is 350 g/mol. The van der Waals surface area contributed by atoms with E-state index >= 15 is 0 Å². The first-order chi connectivity index (χ1) is 9.23. The molecule has 2 rings (SSSR count). The minimum Gasteiger partial charge on any atom is -0.480 e. The Kier molecular flexibility index (Phi) is 4.19. The highest BCUT2D eigenvalue weighted by Crippen LogP contribution is 2.31. The van der Waals surface area contributed by atoms with Gasteiger partial charge in [-0.25, -0.2) is 8.42 Å². The quantitative estimate of drug-likeness (QED) is 0.833. The van der Waals surface area contributed by atoms with Crippen molar-refractivity contribution in [3.05, 3.63) is 28.2 Å². The molecule has 0 saturated carbocycles. The lowest BCUT2D eigenvalue weighted by Gasteiger charge is -2.21. The van der Waals surface area contributed by atoms with E-state index in [1.54, 1.807) is 12.1 Å². The average molecular weight is 364 g/mol. The molecule has 0 spiro atoms. The van der Waals surface area contributed by atoms with Crippen LogP contribution in [0.4, 0.5) is 0 Å². The minimum absolute atomic E-state index is 0.00319. The van der Waals surface area contributed by atoms with E-state index in [2.05, 4.69) is 15.9 Å². The first kappa shape index (κ1) is 15.4. The van der Waals surface area contributed by atoms with Crippen molar-refractivity contribution >= 4 is 31.9 Å². The van der Waals surface area contributed by atoms with Crippen LogP contribution in [-0.2, 0) is 14.8 Å². The van der Waals surface area contributed by atoms with Crippen LogP contribution in [0, 0.1) is 6.92 Å². The Bertz CT molecular complexity index is 645. The number of sulfonamides is 1. The van der Waals surface area contributed by atoms with Crippen molar-refractivity contribution in [2.75, 3.05) is 6.54 Å². The normalized spacial score (nSPS) is 23.9. The summed E-state index contributed by atoms with van der Waals surface area (Å²) in [5.74, 6) is -1.26. The van der Waals surface area contributed by atoms with E-state index in [0.29, 0.717) is 4.47 Å². The third-order valence-corrected chi connectivity index (χ3v) is 6.04. The molecule has 1 aliphatic heterocycles. The van der Waals surface area contributed by atoms with Crippen LogP contribution in [0.25, 0.3) is 0 Å². The van der Waals surface area contributed by atoms with Crippen LogP contribution in [0.5, 0.6) is 0 Å². The number of β-amino-alcohol motifs (C(OH)–C–C–N with tert-alkyl or cyclic N) is 1. The maximum Gasteiger partial charge on any atom is 0.322 e. The highest BCUT2D eigenvalue weighted by molar-refractivity contribution is 9.10. The molecule has 0 aromatic heterocycles. The third-order valence-electron chi connectivity index (χ3n) is 3.19. The molecule has 6 nitrogen and oxygen atoms in total. The molecule has 1 fully saturated rings. The zero-order chi connectivity index (χ0) is 15.1. The SMILES string of the molecule is Cc1ccc(S(=O)(=O)N2CC(O)C[C@H]2C(=O)O)c(Br)c1. The van der Waals surface area contributed by atoms with Gasteiger partial charge in [-0.1, -0.05) is 6.07 Å². The van der Waals surface area contributed by atoms with Crippen LogP contribution in [-0.4, -0.2) is 47.6 Å². The molecule has 110 valence electrons. The number of aliphatic carboxylic acids is 1. The highest BCUT2D eigenvalue weighted by Gasteiger charge is 2.44. The molecule has 1 heterocycles. The van der Waals surface area contributed by atoms with Crippen molar-refractivity contribution in [2.45, 2.75) is 30.4 Å². The Morgan fingerprint density at radius 2 is 2.10 bits per heavy atom. The summed E-state index contributed by atoms with van der Waals surface area (Å²) in [6, 6.07) is 3.48. The minimum atomic E-state index is -3.97. The Hall–Kier alpha value is -0.960. The van der Waals surface area contributed by atoms with Gasteiger partial charge in [0.05, 0.1) is 11.0 Å². The molecule has 2 atom stereocenters. The Labute approximate surface area is 125 Å². The monoisotopic (exact) mass is 363 g/mol. The number of hydrogen-bond acceptors (Lipinski definition) is 4. The highest BCUT2D eigenvalue weighted by atomic mass is 79.9. The van der Waals surface area contributed by atoms with Crippen molar-refractivity contribution in [1.82, 2.24) is 4.31 Å². The number of carboxylic acids is 1. The lowest BCUT2D eigenvalue weighted by molar-refractivity contribution is -0.140. The van der Waals surface area contributed by atoms with E-state index in [9.17, 15) is 18.3 Å². The van der Waals surface area contributed by atoms with E-state index in [0.717, 1.165) is 9.87 Å². The van der Waals surface area contributed by atoms with Gasteiger partial charge in [0.25, 0.3) is 0 Å². The third kappa shape index (κ3) is 2.73. The topological polar surface area (TPSA) is 94.9 Å². The first-order valence-electron chi connectivity index (χ1n) is 5.92. The predicted octanol–water partition coefficient (Wildman–Crippen LogP) is 0.966. The van der Waals surface area contributed by atoms with Crippen molar-refractivity contribution in [2.24, 2.45) is 0 Å². The molecular formula is C12H14BrNO5S. The van der Waals surface area contributed by atoms with E-state index < -0.39 is 28.1 Å². The number of benzene rings is 1. The molecule has 0 aliphatic carbocycles. The van der Waals surface area contributed by atoms with E-state index in [1.807, 2.05) is 6.92 Å². The molecule has 1 unspecified atom stereocenters. The van der Waals surface area contributed by atoms with Gasteiger partial charge in [-0.15, -0.1) is 0 Å². The fourth-order valence-electron chi connectivity index (χ4n) is 2.22. The van der Waals surface area contributed by atoms with Gasteiger partial charge in [-0.2, -0.15) is 4.31 Å². The van der Waals surface area contributed by atoms with Gasteiger partial charge in [0.15, 0.2) is 0 Å². The fourth-order valence-corrected chi connectivity index (χ4v) is 5.00. The molecule has 0 bridgehead atoms. The number of rotatable bonds is 3. The largest absolute Gasteiger partial charge is 0.480 e. The number of halogens is 1. The molecule has 8 heteroatoms. The van der Waals surface area contributed by atoms with Crippen molar-refractivity contribution < 1.29 is 23.4 Å². The second-order valence-corrected chi connectivity index (χ2v) is 7.47. The number of aryl methyl sites for hydroxylation is 1. The summed E-state index contributed by atoms with van der Waals surface area (Å²) in [4.78, 5) is 11.1. The van der Waals surface area contributed by atoms with Crippen LogP contribution in [0.1, 0.15) is 12.0 Å². The number of carboxylic acid groups (broad SMARTS) is 1. The van der Waals surface area contributed by atoms with E-state index in [-0.39, 0.29) is 17.9 Å². The summed E-state index contributed by atoms with van der Waals surface area (Å²) < 4.78 is 26.3. The average Bonchev–Trinajstić information content (AvgIpc) is 2.71. The number of aliphatic hydroxyl groups excluding tert-OH is 1. The predicted molar refractivity (Wildman–Crippen MR) is 74.8 cm³/mol. The molecule has 2 N–H and O–H groups in total. The molecule has 0 amide bonds. The van der Waals surface area contributed by atoms with E-state index in [1.165, 1.54) is 6.07 Å². The molecule has 1 aromatic rings. The van der Waals surface area contributed by atoms with Crippen molar-refractivity contribution in [1.29, 1.82) is 0 Å². The van der Waals surface area contributed by atoms with E-state index in [4.69, 9.17) is 5.11 Å². The second kappa shape index (κ2) is 5.44. The zero-order valence-corrected chi connectivity index (χ0v) is 13.1. The smallest absolute Gasteiger partial charge is 0.322 e. The van der Waals surface area contributed by atoms with Gasteiger partial charge in [-0.05, 0) is 40.5 Å². The van der Waals surface area contributed by atoms with Crippen LogP contribution >= 0.6 is 15.9 Å². The molecule has 1 aliphatic rings.